The van der Waals surface area contributed by atoms with Crippen molar-refractivity contribution in [3.63, 3.8) is 0 Å². The van der Waals surface area contributed by atoms with Crippen LogP contribution in [0.3, 0.4) is 0 Å². The quantitative estimate of drug-likeness (QED) is 0.284. The number of aliphatic imine (C=N–C) groups is 1. The van der Waals surface area contributed by atoms with Crippen LogP contribution in [0.1, 0.15) is 18.4 Å². The maximum atomic E-state index is 5.76. The highest BCUT2D eigenvalue weighted by Gasteiger charge is 2.11. The van der Waals surface area contributed by atoms with Crippen molar-refractivity contribution in [3.05, 3.63) is 60.3 Å². The highest BCUT2D eigenvalue weighted by Crippen LogP contribution is 2.23. The lowest BCUT2D eigenvalue weighted by Crippen LogP contribution is -2.42. The first-order chi connectivity index (χ1) is 12.8. The van der Waals surface area contributed by atoms with E-state index in [1.54, 1.807) is 20.4 Å². The Hall–Kier alpha value is -2.29. The molecule has 0 radical (unpaired) electrons. The summed E-state index contributed by atoms with van der Waals surface area (Å²) in [7, 11) is 3.41. The lowest BCUT2D eigenvalue weighted by molar-refractivity contribution is 0.407. The molecule has 0 saturated heterocycles. The van der Waals surface area contributed by atoms with Crippen molar-refractivity contribution in [2.45, 2.75) is 25.4 Å². The molecule has 0 saturated carbocycles. The van der Waals surface area contributed by atoms with Gasteiger partial charge in [0.15, 0.2) is 5.96 Å². The third kappa shape index (κ3) is 6.42. The van der Waals surface area contributed by atoms with Crippen molar-refractivity contribution in [2.75, 3.05) is 14.2 Å². The zero-order valence-electron chi connectivity index (χ0n) is 15.5. The SMILES string of the molecule is CN=C(NCc1ccc(Oc2cccc(OC)c2)nc1)NC1CC=CC1.I. The standard InChI is InChI=1S/C20H24N4O2.HI/c1-21-20(24-16-6-3-4-7-16)23-14-15-10-11-19(22-13-15)26-18-9-5-8-17(12-18)25-2;/h3-5,8-13,16H,6-7,14H2,1-2H3,(H2,21,23,24);1H. The molecular weight excluding hydrogens is 455 g/mol. The summed E-state index contributed by atoms with van der Waals surface area (Å²) in [5.74, 6) is 2.79. The molecule has 0 bridgehead atoms. The van der Waals surface area contributed by atoms with E-state index in [-0.39, 0.29) is 24.0 Å². The molecule has 0 amide bonds. The number of halogens is 1. The number of hydrogen-bond donors (Lipinski definition) is 2. The van der Waals surface area contributed by atoms with Gasteiger partial charge in [0.25, 0.3) is 0 Å². The molecule has 144 valence electrons. The van der Waals surface area contributed by atoms with E-state index in [1.165, 1.54) is 0 Å². The molecule has 1 aliphatic rings. The second-order valence-corrected chi connectivity index (χ2v) is 6.00. The Morgan fingerprint density at radius 1 is 1.19 bits per heavy atom. The first-order valence-electron chi connectivity index (χ1n) is 8.66. The van der Waals surface area contributed by atoms with Crippen LogP contribution in [-0.2, 0) is 6.54 Å². The molecule has 0 spiro atoms. The van der Waals surface area contributed by atoms with Gasteiger partial charge in [0.2, 0.25) is 5.88 Å². The number of hydrogen-bond acceptors (Lipinski definition) is 4. The molecule has 1 heterocycles. The fraction of sp³-hybridized carbons (Fsp3) is 0.300. The van der Waals surface area contributed by atoms with Gasteiger partial charge in [0, 0.05) is 38.0 Å². The number of nitrogens with zero attached hydrogens (tertiary/aromatic N) is 2. The van der Waals surface area contributed by atoms with Gasteiger partial charge >= 0.3 is 0 Å². The fourth-order valence-corrected chi connectivity index (χ4v) is 2.67. The van der Waals surface area contributed by atoms with Gasteiger partial charge in [0.05, 0.1) is 7.11 Å². The average Bonchev–Trinajstić information content (AvgIpc) is 3.19. The second kappa shape index (κ2) is 10.8. The summed E-state index contributed by atoms with van der Waals surface area (Å²) in [5.41, 5.74) is 1.05. The van der Waals surface area contributed by atoms with Gasteiger partial charge in [-0.25, -0.2) is 4.98 Å². The van der Waals surface area contributed by atoms with Crippen molar-refractivity contribution in [1.29, 1.82) is 0 Å². The highest BCUT2D eigenvalue weighted by atomic mass is 127. The van der Waals surface area contributed by atoms with Gasteiger partial charge in [-0.3, -0.25) is 4.99 Å². The van der Waals surface area contributed by atoms with Crippen LogP contribution in [0.4, 0.5) is 0 Å². The summed E-state index contributed by atoms with van der Waals surface area (Å²) in [6.45, 7) is 0.645. The molecule has 2 N–H and O–H groups in total. The minimum absolute atomic E-state index is 0. The zero-order chi connectivity index (χ0) is 18.2. The van der Waals surface area contributed by atoms with Crippen LogP contribution >= 0.6 is 24.0 Å². The van der Waals surface area contributed by atoms with Crippen LogP contribution in [0.2, 0.25) is 0 Å². The summed E-state index contributed by atoms with van der Waals surface area (Å²) in [5, 5.41) is 6.72. The molecular formula is C20H25IN4O2. The number of nitrogens with one attached hydrogen (secondary N) is 2. The minimum Gasteiger partial charge on any atom is -0.497 e. The van der Waals surface area contributed by atoms with Gasteiger partial charge in [-0.1, -0.05) is 24.3 Å². The molecule has 1 aromatic carbocycles. The van der Waals surface area contributed by atoms with E-state index in [0.29, 0.717) is 24.2 Å². The number of methoxy groups -OCH3 is 1. The van der Waals surface area contributed by atoms with Crippen LogP contribution in [0.5, 0.6) is 17.4 Å². The Labute approximate surface area is 177 Å². The number of rotatable bonds is 6. The summed E-state index contributed by atoms with van der Waals surface area (Å²) in [6.07, 6.45) is 8.26. The molecule has 27 heavy (non-hydrogen) atoms. The minimum atomic E-state index is 0. The summed E-state index contributed by atoms with van der Waals surface area (Å²) in [6, 6.07) is 11.7. The summed E-state index contributed by atoms with van der Waals surface area (Å²) < 4.78 is 11.0. The van der Waals surface area contributed by atoms with Crippen molar-refractivity contribution >= 4 is 29.9 Å². The maximum absolute atomic E-state index is 5.76. The van der Waals surface area contributed by atoms with Gasteiger partial charge in [-0.2, -0.15) is 0 Å². The van der Waals surface area contributed by atoms with Crippen LogP contribution in [0, 0.1) is 0 Å². The first kappa shape index (κ1) is 21.0. The summed E-state index contributed by atoms with van der Waals surface area (Å²) in [4.78, 5) is 8.63. The molecule has 0 unspecified atom stereocenters. The Morgan fingerprint density at radius 2 is 1.96 bits per heavy atom. The number of aromatic nitrogens is 1. The zero-order valence-corrected chi connectivity index (χ0v) is 17.8. The van der Waals surface area contributed by atoms with Crippen LogP contribution in [0.15, 0.2) is 59.7 Å². The van der Waals surface area contributed by atoms with E-state index in [0.717, 1.165) is 30.1 Å². The van der Waals surface area contributed by atoms with Crippen LogP contribution in [-0.4, -0.2) is 31.1 Å². The smallest absolute Gasteiger partial charge is 0.219 e. The van der Waals surface area contributed by atoms with E-state index < -0.39 is 0 Å². The maximum Gasteiger partial charge on any atom is 0.219 e. The number of pyridine rings is 1. The van der Waals surface area contributed by atoms with Gasteiger partial charge in [-0.05, 0) is 30.5 Å². The Balaban J connectivity index is 0.00000261. The molecule has 7 heteroatoms. The molecule has 1 aromatic heterocycles. The van der Waals surface area contributed by atoms with Gasteiger partial charge < -0.3 is 20.1 Å². The number of benzene rings is 1. The topological polar surface area (TPSA) is 67.8 Å². The van der Waals surface area contributed by atoms with E-state index in [9.17, 15) is 0 Å². The monoisotopic (exact) mass is 480 g/mol. The Bertz CT molecular complexity index is 770. The molecule has 0 atom stereocenters. The lowest BCUT2D eigenvalue weighted by Gasteiger charge is -2.16. The van der Waals surface area contributed by atoms with E-state index in [1.807, 2.05) is 36.4 Å². The van der Waals surface area contributed by atoms with Gasteiger partial charge in [0.1, 0.15) is 11.5 Å². The Morgan fingerprint density at radius 3 is 2.63 bits per heavy atom. The van der Waals surface area contributed by atoms with Crippen molar-refractivity contribution in [1.82, 2.24) is 15.6 Å². The van der Waals surface area contributed by atoms with E-state index in [4.69, 9.17) is 9.47 Å². The lowest BCUT2D eigenvalue weighted by atomic mass is 10.2. The summed E-state index contributed by atoms with van der Waals surface area (Å²) >= 11 is 0. The van der Waals surface area contributed by atoms with Gasteiger partial charge in [-0.15, -0.1) is 24.0 Å². The molecule has 6 nitrogen and oxygen atoms in total. The number of guanidine groups is 1. The van der Waals surface area contributed by atoms with Crippen LogP contribution in [0.25, 0.3) is 0 Å². The van der Waals surface area contributed by atoms with Crippen LogP contribution < -0.4 is 20.1 Å². The third-order valence-electron chi connectivity index (χ3n) is 4.09. The highest BCUT2D eigenvalue weighted by molar-refractivity contribution is 14.0. The second-order valence-electron chi connectivity index (χ2n) is 6.00. The van der Waals surface area contributed by atoms with E-state index in [2.05, 4.69) is 32.8 Å². The predicted molar refractivity (Wildman–Crippen MR) is 118 cm³/mol. The molecule has 1 aliphatic carbocycles. The largest absolute Gasteiger partial charge is 0.497 e. The molecule has 3 rings (SSSR count). The Kier molecular flexibility index (Phi) is 8.38. The first-order valence-corrected chi connectivity index (χ1v) is 8.66. The predicted octanol–water partition coefficient (Wildman–Crippen LogP) is 3.88. The van der Waals surface area contributed by atoms with E-state index >= 15 is 0 Å². The molecule has 0 aliphatic heterocycles. The average molecular weight is 480 g/mol. The normalized spacial score (nSPS) is 13.8. The fourth-order valence-electron chi connectivity index (χ4n) is 2.67. The van der Waals surface area contributed by atoms with Crippen molar-refractivity contribution < 1.29 is 9.47 Å². The number of ether oxygens (including phenoxy) is 2. The third-order valence-corrected chi connectivity index (χ3v) is 4.09. The molecule has 2 aromatic rings. The molecule has 0 fully saturated rings. The van der Waals surface area contributed by atoms with Crippen molar-refractivity contribution in [2.24, 2.45) is 4.99 Å². The van der Waals surface area contributed by atoms with Crippen molar-refractivity contribution in [3.8, 4) is 17.4 Å².